The first-order chi connectivity index (χ1) is 5.65. The van der Waals surface area contributed by atoms with E-state index in [1.807, 2.05) is 4.90 Å². The Bertz CT molecular complexity index is 164. The van der Waals surface area contributed by atoms with Gasteiger partial charge in [0.2, 0.25) is 0 Å². The summed E-state index contributed by atoms with van der Waals surface area (Å²) in [6, 6.07) is 0.596. The van der Waals surface area contributed by atoms with Gasteiger partial charge >= 0.3 is 6.03 Å². The summed E-state index contributed by atoms with van der Waals surface area (Å²) in [4.78, 5) is 13.3. The third kappa shape index (κ3) is 2.40. The van der Waals surface area contributed by atoms with Gasteiger partial charge in [-0.25, -0.2) is 4.79 Å². The molecule has 1 saturated carbocycles. The summed E-state index contributed by atoms with van der Waals surface area (Å²) in [5, 5.41) is 2.68. The number of rotatable bonds is 3. The fourth-order valence-electron chi connectivity index (χ4n) is 1.32. The summed E-state index contributed by atoms with van der Waals surface area (Å²) in [6.07, 6.45) is 2.36. The first-order valence-corrected chi connectivity index (χ1v) is 4.63. The molecule has 0 aromatic heterocycles. The molecule has 1 rings (SSSR count). The molecule has 2 amide bonds. The van der Waals surface area contributed by atoms with Gasteiger partial charge in [-0.2, -0.15) is 0 Å². The van der Waals surface area contributed by atoms with Crippen molar-refractivity contribution in [3.63, 3.8) is 0 Å². The predicted octanol–water partition coefficient (Wildman–Crippen LogP) is 1.45. The van der Waals surface area contributed by atoms with Crippen molar-refractivity contribution >= 4 is 6.03 Å². The van der Waals surface area contributed by atoms with Crippen molar-refractivity contribution in [2.75, 3.05) is 13.6 Å². The molecule has 0 radical (unpaired) electrons. The van der Waals surface area contributed by atoms with Crippen molar-refractivity contribution in [3.8, 4) is 0 Å². The van der Waals surface area contributed by atoms with Gasteiger partial charge in [-0.05, 0) is 18.8 Å². The average Bonchev–Trinajstić information content (AvgIpc) is 2.81. The lowest BCUT2D eigenvalue weighted by atomic mass is 10.2. The monoisotopic (exact) mass is 170 g/mol. The number of carbonyl (C=O) groups is 1. The van der Waals surface area contributed by atoms with Gasteiger partial charge in [0.1, 0.15) is 0 Å². The van der Waals surface area contributed by atoms with Crippen LogP contribution in [0.4, 0.5) is 4.79 Å². The molecule has 0 bridgehead atoms. The van der Waals surface area contributed by atoms with E-state index in [1.54, 1.807) is 7.05 Å². The van der Waals surface area contributed by atoms with Crippen LogP contribution in [0.3, 0.4) is 0 Å². The Balaban J connectivity index is 2.42. The Morgan fingerprint density at radius 3 is 2.50 bits per heavy atom. The molecule has 3 nitrogen and oxygen atoms in total. The smallest absolute Gasteiger partial charge is 0.317 e. The number of amides is 2. The molecule has 1 N–H and O–H groups in total. The Kier molecular flexibility index (Phi) is 2.95. The Morgan fingerprint density at radius 1 is 1.58 bits per heavy atom. The van der Waals surface area contributed by atoms with Crippen LogP contribution in [-0.4, -0.2) is 30.6 Å². The molecule has 0 aliphatic heterocycles. The molecule has 0 spiro atoms. The number of urea groups is 1. The van der Waals surface area contributed by atoms with Gasteiger partial charge in [-0.3, -0.25) is 0 Å². The molecule has 0 aromatic carbocycles. The maximum atomic E-state index is 11.3. The van der Waals surface area contributed by atoms with Crippen LogP contribution < -0.4 is 5.32 Å². The zero-order valence-electron chi connectivity index (χ0n) is 8.13. The largest absolute Gasteiger partial charge is 0.341 e. The van der Waals surface area contributed by atoms with Gasteiger partial charge in [0.25, 0.3) is 0 Å². The molecule has 70 valence electrons. The molecule has 3 heteroatoms. The van der Waals surface area contributed by atoms with Crippen molar-refractivity contribution in [3.05, 3.63) is 0 Å². The molecule has 0 atom stereocenters. The first-order valence-electron chi connectivity index (χ1n) is 4.63. The zero-order chi connectivity index (χ0) is 9.14. The lowest BCUT2D eigenvalue weighted by Crippen LogP contribution is -2.41. The maximum absolute atomic E-state index is 11.3. The minimum Gasteiger partial charge on any atom is -0.341 e. The highest BCUT2D eigenvalue weighted by molar-refractivity contribution is 5.74. The van der Waals surface area contributed by atoms with Gasteiger partial charge in [0.15, 0.2) is 0 Å². The maximum Gasteiger partial charge on any atom is 0.317 e. The third-order valence-electron chi connectivity index (χ3n) is 2.02. The Morgan fingerprint density at radius 2 is 2.17 bits per heavy atom. The van der Waals surface area contributed by atoms with Gasteiger partial charge in [0, 0.05) is 19.6 Å². The molecular weight excluding hydrogens is 152 g/mol. The standard InChI is InChI=1S/C9H18N2O/c1-7(2)6-11(8-4-5-8)9(12)10-3/h7-8H,4-6H2,1-3H3,(H,10,12). The second kappa shape index (κ2) is 3.78. The molecule has 1 aliphatic rings. The molecule has 0 aromatic rings. The van der Waals surface area contributed by atoms with E-state index in [-0.39, 0.29) is 6.03 Å². The van der Waals surface area contributed by atoms with Crippen molar-refractivity contribution in [2.45, 2.75) is 32.7 Å². The van der Waals surface area contributed by atoms with Crippen LogP contribution in [0.2, 0.25) is 0 Å². The fraction of sp³-hybridized carbons (Fsp3) is 0.889. The number of hydrogen-bond donors (Lipinski definition) is 1. The molecule has 1 aliphatic carbocycles. The zero-order valence-corrected chi connectivity index (χ0v) is 8.13. The van der Waals surface area contributed by atoms with Crippen LogP contribution in [0.15, 0.2) is 0 Å². The van der Waals surface area contributed by atoms with E-state index in [0.29, 0.717) is 12.0 Å². The van der Waals surface area contributed by atoms with E-state index in [0.717, 1.165) is 6.54 Å². The van der Waals surface area contributed by atoms with Gasteiger partial charge in [0.05, 0.1) is 0 Å². The first kappa shape index (κ1) is 9.36. The van der Waals surface area contributed by atoms with Crippen LogP contribution in [-0.2, 0) is 0 Å². The number of nitrogens with one attached hydrogen (secondary N) is 1. The summed E-state index contributed by atoms with van der Waals surface area (Å²) in [5.41, 5.74) is 0. The van der Waals surface area contributed by atoms with Gasteiger partial charge in [-0.1, -0.05) is 13.8 Å². The van der Waals surface area contributed by atoms with Crippen LogP contribution in [0.25, 0.3) is 0 Å². The highest BCUT2D eigenvalue weighted by atomic mass is 16.2. The van der Waals surface area contributed by atoms with E-state index < -0.39 is 0 Å². The SMILES string of the molecule is CNC(=O)N(CC(C)C)C1CC1. The lowest BCUT2D eigenvalue weighted by molar-refractivity contribution is 0.190. The number of nitrogens with zero attached hydrogens (tertiary/aromatic N) is 1. The summed E-state index contributed by atoms with van der Waals surface area (Å²) in [5.74, 6) is 0.558. The summed E-state index contributed by atoms with van der Waals surface area (Å²) in [7, 11) is 1.69. The van der Waals surface area contributed by atoms with Crippen LogP contribution in [0.5, 0.6) is 0 Å². The van der Waals surface area contributed by atoms with Crippen molar-refractivity contribution < 1.29 is 4.79 Å². The van der Waals surface area contributed by atoms with Crippen LogP contribution in [0, 0.1) is 5.92 Å². The van der Waals surface area contributed by atoms with Gasteiger partial charge < -0.3 is 10.2 Å². The van der Waals surface area contributed by atoms with Crippen molar-refractivity contribution in [1.29, 1.82) is 0 Å². The second-order valence-electron chi connectivity index (χ2n) is 3.83. The van der Waals surface area contributed by atoms with Crippen LogP contribution >= 0.6 is 0 Å². The summed E-state index contributed by atoms with van der Waals surface area (Å²) in [6.45, 7) is 5.15. The Labute approximate surface area is 74.1 Å². The Hall–Kier alpha value is -0.730. The highest BCUT2D eigenvalue weighted by Crippen LogP contribution is 2.27. The van der Waals surface area contributed by atoms with E-state index in [4.69, 9.17) is 0 Å². The molecule has 12 heavy (non-hydrogen) atoms. The fourth-order valence-corrected chi connectivity index (χ4v) is 1.32. The van der Waals surface area contributed by atoms with E-state index in [9.17, 15) is 4.79 Å². The topological polar surface area (TPSA) is 32.3 Å². The molecule has 0 saturated heterocycles. The molecule has 0 unspecified atom stereocenters. The normalized spacial score (nSPS) is 16.3. The van der Waals surface area contributed by atoms with E-state index >= 15 is 0 Å². The minimum atomic E-state index is 0.0752. The number of hydrogen-bond acceptors (Lipinski definition) is 1. The summed E-state index contributed by atoms with van der Waals surface area (Å²) < 4.78 is 0. The van der Waals surface area contributed by atoms with Crippen LogP contribution in [0.1, 0.15) is 26.7 Å². The van der Waals surface area contributed by atoms with Crippen molar-refractivity contribution in [2.24, 2.45) is 5.92 Å². The van der Waals surface area contributed by atoms with E-state index in [2.05, 4.69) is 19.2 Å². The number of carbonyl (C=O) groups excluding carboxylic acids is 1. The van der Waals surface area contributed by atoms with Crippen molar-refractivity contribution in [1.82, 2.24) is 10.2 Å². The van der Waals surface area contributed by atoms with Gasteiger partial charge in [-0.15, -0.1) is 0 Å². The average molecular weight is 170 g/mol. The quantitative estimate of drug-likeness (QED) is 0.683. The minimum absolute atomic E-state index is 0.0752. The molecule has 1 fully saturated rings. The lowest BCUT2D eigenvalue weighted by Gasteiger charge is -2.23. The van der Waals surface area contributed by atoms with E-state index in [1.165, 1.54) is 12.8 Å². The highest BCUT2D eigenvalue weighted by Gasteiger charge is 2.32. The summed E-state index contributed by atoms with van der Waals surface area (Å²) >= 11 is 0. The third-order valence-corrected chi connectivity index (χ3v) is 2.02. The molecule has 0 heterocycles. The second-order valence-corrected chi connectivity index (χ2v) is 3.83. The molecular formula is C9H18N2O. The predicted molar refractivity (Wildman–Crippen MR) is 49.0 cm³/mol.